The molecule has 5 heteroatoms. The average molecular weight is 235 g/mol. The zero-order valence-corrected chi connectivity index (χ0v) is 9.33. The molecule has 0 amide bonds. The van der Waals surface area contributed by atoms with E-state index in [-0.39, 0.29) is 5.28 Å². The normalized spacial score (nSPS) is 11.8. The third kappa shape index (κ3) is 3.98. The summed E-state index contributed by atoms with van der Waals surface area (Å²) in [4.78, 5) is 7.81. The molecule has 0 aliphatic carbocycles. The largest absolute Gasteiger partial charge is 0.226 e. The molecule has 0 N–H and O–H groups in total. The summed E-state index contributed by atoms with van der Waals surface area (Å²) in [5, 5.41) is 1.13. The lowest BCUT2D eigenvalue weighted by Gasteiger charge is -1.99. The van der Waals surface area contributed by atoms with Crippen molar-refractivity contribution in [3.8, 4) is 0 Å². The average Bonchev–Trinajstić information content (AvgIpc) is 2.14. The zero-order chi connectivity index (χ0) is 9.68. The molecule has 0 bridgehead atoms. The van der Waals surface area contributed by atoms with Crippen molar-refractivity contribution in [3.63, 3.8) is 0 Å². The fourth-order valence-electron chi connectivity index (χ4n) is 0.619. The van der Waals surface area contributed by atoms with Crippen LogP contribution in [0.15, 0.2) is 28.4 Å². The molecular weight excluding hydrogens is 227 g/mol. The Hall–Kier alpha value is -0.250. The first-order valence-corrected chi connectivity index (χ1v) is 5.39. The maximum Gasteiger partial charge on any atom is 0.223 e. The number of halogens is 2. The van der Waals surface area contributed by atoms with Gasteiger partial charge in [-0.25, -0.2) is 9.97 Å². The minimum Gasteiger partial charge on any atom is -0.226 e. The lowest BCUT2D eigenvalue weighted by molar-refractivity contribution is 1.05. The van der Waals surface area contributed by atoms with E-state index in [9.17, 15) is 0 Å². The van der Waals surface area contributed by atoms with Gasteiger partial charge in [-0.05, 0) is 24.6 Å². The summed E-state index contributed by atoms with van der Waals surface area (Å²) >= 11 is 12.7. The number of hydrogen-bond acceptors (Lipinski definition) is 3. The van der Waals surface area contributed by atoms with Crippen LogP contribution in [0.5, 0.6) is 0 Å². The van der Waals surface area contributed by atoms with Crippen LogP contribution in [-0.4, -0.2) is 15.7 Å². The van der Waals surface area contributed by atoms with Crippen LogP contribution >= 0.6 is 35.0 Å². The minimum absolute atomic E-state index is 0.275. The molecule has 0 saturated heterocycles. The highest BCUT2D eigenvalue weighted by atomic mass is 35.5. The lowest BCUT2D eigenvalue weighted by atomic mass is 10.4. The molecule has 0 aromatic carbocycles. The van der Waals surface area contributed by atoms with E-state index in [1.807, 2.05) is 13.0 Å². The maximum atomic E-state index is 5.62. The van der Waals surface area contributed by atoms with Crippen LogP contribution in [-0.2, 0) is 0 Å². The number of nitrogens with zero attached hydrogens (tertiary/aromatic N) is 2. The van der Waals surface area contributed by atoms with Gasteiger partial charge in [0.15, 0.2) is 0 Å². The van der Waals surface area contributed by atoms with Gasteiger partial charge in [-0.2, -0.15) is 0 Å². The van der Waals surface area contributed by atoms with E-state index < -0.39 is 0 Å². The zero-order valence-electron chi connectivity index (χ0n) is 7.00. The van der Waals surface area contributed by atoms with Crippen LogP contribution in [0.1, 0.15) is 6.92 Å². The Kier molecular flexibility index (Phi) is 4.56. The first-order valence-electron chi connectivity index (χ1n) is 3.59. The molecule has 13 heavy (non-hydrogen) atoms. The lowest BCUT2D eigenvalue weighted by Crippen LogP contribution is -1.86. The predicted octanol–water partition coefficient (Wildman–Crippen LogP) is 3.36. The monoisotopic (exact) mass is 234 g/mol. The first kappa shape index (κ1) is 10.8. The molecule has 0 saturated carbocycles. The van der Waals surface area contributed by atoms with E-state index in [4.69, 9.17) is 23.2 Å². The van der Waals surface area contributed by atoms with Crippen LogP contribution in [0.25, 0.3) is 0 Å². The van der Waals surface area contributed by atoms with Crippen LogP contribution < -0.4 is 0 Å². The third-order valence-electron chi connectivity index (χ3n) is 1.23. The second kappa shape index (κ2) is 5.47. The summed E-state index contributed by atoms with van der Waals surface area (Å²) in [7, 11) is 0. The molecule has 1 heterocycles. The van der Waals surface area contributed by atoms with E-state index in [1.54, 1.807) is 23.5 Å². The second-order valence-electron chi connectivity index (χ2n) is 2.41. The van der Waals surface area contributed by atoms with Gasteiger partial charge in [-0.3, -0.25) is 0 Å². The molecule has 1 rings (SSSR count). The minimum atomic E-state index is 0.275. The Morgan fingerprint density at radius 3 is 3.08 bits per heavy atom. The molecule has 2 nitrogen and oxygen atoms in total. The van der Waals surface area contributed by atoms with Gasteiger partial charge in [-0.1, -0.05) is 17.2 Å². The smallest absolute Gasteiger partial charge is 0.223 e. The van der Waals surface area contributed by atoms with Gasteiger partial charge in [0.25, 0.3) is 0 Å². The molecule has 0 atom stereocenters. The van der Waals surface area contributed by atoms with E-state index in [0.29, 0.717) is 0 Å². The summed E-state index contributed by atoms with van der Waals surface area (Å²) in [5.74, 6) is 0.816. The standard InChI is InChI=1S/C8H8Cl2N2S/c1-6(4-9)5-13-7-2-3-11-8(10)12-7/h2-4H,5H2,1H3/b6-4-. The van der Waals surface area contributed by atoms with Gasteiger partial charge in [0.05, 0.1) is 0 Å². The van der Waals surface area contributed by atoms with Crippen molar-refractivity contribution in [2.45, 2.75) is 11.9 Å². The Morgan fingerprint density at radius 2 is 2.46 bits per heavy atom. The molecule has 0 spiro atoms. The molecule has 0 fully saturated rings. The van der Waals surface area contributed by atoms with Crippen LogP contribution in [0, 0.1) is 0 Å². The first-order chi connectivity index (χ1) is 6.22. The second-order valence-corrected chi connectivity index (χ2v) is 3.96. The van der Waals surface area contributed by atoms with E-state index in [0.717, 1.165) is 16.4 Å². The van der Waals surface area contributed by atoms with Crippen molar-refractivity contribution in [1.29, 1.82) is 0 Å². The Labute approximate surface area is 91.4 Å². The van der Waals surface area contributed by atoms with E-state index in [1.165, 1.54) is 0 Å². The van der Waals surface area contributed by atoms with Crippen LogP contribution in [0.3, 0.4) is 0 Å². The quantitative estimate of drug-likeness (QED) is 0.456. The molecule has 0 radical (unpaired) electrons. The fourth-order valence-corrected chi connectivity index (χ4v) is 1.75. The van der Waals surface area contributed by atoms with E-state index in [2.05, 4.69) is 9.97 Å². The Bertz CT molecular complexity index is 315. The highest BCUT2D eigenvalue weighted by Gasteiger charge is 1.97. The van der Waals surface area contributed by atoms with Crippen molar-refractivity contribution >= 4 is 35.0 Å². The van der Waals surface area contributed by atoms with Crippen LogP contribution in [0.4, 0.5) is 0 Å². The molecule has 1 aromatic heterocycles. The SMILES string of the molecule is C/C(=C/Cl)CSc1ccnc(Cl)n1. The van der Waals surface area contributed by atoms with Crippen molar-refractivity contribution in [2.24, 2.45) is 0 Å². The molecule has 0 aliphatic rings. The topological polar surface area (TPSA) is 25.8 Å². The number of rotatable bonds is 3. The number of hydrogen-bond donors (Lipinski definition) is 0. The summed E-state index contributed by atoms with van der Waals surface area (Å²) in [6, 6.07) is 1.82. The van der Waals surface area contributed by atoms with Gasteiger partial charge in [0.2, 0.25) is 5.28 Å². The molecule has 0 aliphatic heterocycles. The van der Waals surface area contributed by atoms with Crippen molar-refractivity contribution in [1.82, 2.24) is 9.97 Å². The summed E-state index contributed by atoms with van der Waals surface area (Å²) < 4.78 is 0. The van der Waals surface area contributed by atoms with Gasteiger partial charge < -0.3 is 0 Å². The highest BCUT2D eigenvalue weighted by molar-refractivity contribution is 7.99. The van der Waals surface area contributed by atoms with Gasteiger partial charge in [0.1, 0.15) is 5.03 Å². The van der Waals surface area contributed by atoms with Crippen molar-refractivity contribution in [3.05, 3.63) is 28.7 Å². The molecule has 1 aromatic rings. The molecule has 70 valence electrons. The van der Waals surface area contributed by atoms with Crippen molar-refractivity contribution in [2.75, 3.05) is 5.75 Å². The summed E-state index contributed by atoms with van der Waals surface area (Å²) in [6.45, 7) is 1.96. The number of thioether (sulfide) groups is 1. The van der Waals surface area contributed by atoms with Crippen LogP contribution in [0.2, 0.25) is 5.28 Å². The third-order valence-corrected chi connectivity index (χ3v) is 2.91. The molecule has 0 unspecified atom stereocenters. The van der Waals surface area contributed by atoms with Gasteiger partial charge in [0, 0.05) is 17.5 Å². The Balaban J connectivity index is 2.55. The number of aromatic nitrogens is 2. The Morgan fingerprint density at radius 1 is 1.69 bits per heavy atom. The maximum absolute atomic E-state index is 5.62. The van der Waals surface area contributed by atoms with Gasteiger partial charge in [-0.15, -0.1) is 11.8 Å². The predicted molar refractivity (Wildman–Crippen MR) is 57.4 cm³/mol. The van der Waals surface area contributed by atoms with Crippen molar-refractivity contribution < 1.29 is 0 Å². The summed E-state index contributed by atoms with van der Waals surface area (Å²) in [5.41, 5.74) is 2.66. The summed E-state index contributed by atoms with van der Waals surface area (Å²) in [6.07, 6.45) is 1.64. The van der Waals surface area contributed by atoms with E-state index >= 15 is 0 Å². The fraction of sp³-hybridized carbons (Fsp3) is 0.250. The highest BCUT2D eigenvalue weighted by Crippen LogP contribution is 2.18. The van der Waals surface area contributed by atoms with Gasteiger partial charge >= 0.3 is 0 Å². The molecular formula is C8H8Cl2N2S.